The Morgan fingerprint density at radius 2 is 2.04 bits per heavy atom. The van der Waals surface area contributed by atoms with Crippen molar-refractivity contribution in [2.24, 2.45) is 0 Å². The summed E-state index contributed by atoms with van der Waals surface area (Å²) in [4.78, 5) is 28.5. The highest BCUT2D eigenvalue weighted by molar-refractivity contribution is 5.92. The summed E-state index contributed by atoms with van der Waals surface area (Å²) in [5.41, 5.74) is -0.285. The van der Waals surface area contributed by atoms with E-state index in [1.165, 1.54) is 10.7 Å². The zero-order valence-electron chi connectivity index (χ0n) is 14.6. The summed E-state index contributed by atoms with van der Waals surface area (Å²) in [6.07, 6.45) is 1.40. The van der Waals surface area contributed by atoms with Crippen molar-refractivity contribution in [1.29, 1.82) is 0 Å². The van der Waals surface area contributed by atoms with E-state index >= 15 is 0 Å². The van der Waals surface area contributed by atoms with E-state index in [0.717, 1.165) is 6.42 Å². The number of hydrogen-bond donors (Lipinski definition) is 2. The van der Waals surface area contributed by atoms with Gasteiger partial charge in [-0.3, -0.25) is 14.7 Å². The minimum Gasteiger partial charge on any atom is -0.387 e. The highest BCUT2D eigenvalue weighted by Crippen LogP contribution is 2.23. The van der Waals surface area contributed by atoms with E-state index in [1.807, 2.05) is 37.2 Å². The number of nitrogens with one attached hydrogen (secondary N) is 1. The van der Waals surface area contributed by atoms with Gasteiger partial charge in [0.25, 0.3) is 11.5 Å². The van der Waals surface area contributed by atoms with Gasteiger partial charge in [-0.25, -0.2) is 4.68 Å². The fourth-order valence-electron chi connectivity index (χ4n) is 3.45. The molecule has 0 aliphatic carbocycles. The van der Waals surface area contributed by atoms with Gasteiger partial charge < -0.3 is 14.9 Å². The molecule has 2 heterocycles. The van der Waals surface area contributed by atoms with Crippen molar-refractivity contribution in [1.82, 2.24) is 19.6 Å². The summed E-state index contributed by atoms with van der Waals surface area (Å²) in [5.74, 6) is -0.260. The van der Waals surface area contributed by atoms with Crippen LogP contribution in [0, 0.1) is 0 Å². The quantitative estimate of drug-likeness (QED) is 0.855. The van der Waals surface area contributed by atoms with Crippen LogP contribution in [-0.4, -0.2) is 69.9 Å². The third kappa shape index (κ3) is 3.83. The van der Waals surface area contributed by atoms with Crippen LogP contribution < -0.4 is 5.56 Å². The molecule has 1 aliphatic heterocycles. The Bertz CT molecular complexity index is 796. The summed E-state index contributed by atoms with van der Waals surface area (Å²) in [6.45, 7) is 1.34. The number of rotatable bonds is 4. The predicted molar refractivity (Wildman–Crippen MR) is 95.0 cm³/mol. The van der Waals surface area contributed by atoms with Crippen LogP contribution in [0.25, 0.3) is 5.69 Å². The molecule has 2 N–H and O–H groups in total. The van der Waals surface area contributed by atoms with E-state index in [0.29, 0.717) is 25.2 Å². The number of likely N-dealkylation sites (tertiary alicyclic amines) is 1. The lowest BCUT2D eigenvalue weighted by atomic mass is 9.92. The van der Waals surface area contributed by atoms with Crippen molar-refractivity contribution < 1.29 is 9.90 Å². The minimum absolute atomic E-state index is 0.239. The van der Waals surface area contributed by atoms with Gasteiger partial charge in [0.05, 0.1) is 17.8 Å². The number of aliphatic hydroxyl groups is 1. The number of H-pyrrole nitrogens is 1. The summed E-state index contributed by atoms with van der Waals surface area (Å²) in [7, 11) is 3.80. The summed E-state index contributed by atoms with van der Waals surface area (Å²) in [5, 5.41) is 13.6. The number of β-amino-alcohol motifs (C(OH)–C–C–N with tert-alkyl or cyclic N) is 1. The highest BCUT2D eigenvalue weighted by atomic mass is 16.3. The molecule has 1 atom stereocenters. The number of hydrogen-bond acceptors (Lipinski definition) is 4. The van der Waals surface area contributed by atoms with Gasteiger partial charge in [-0.2, -0.15) is 0 Å². The molecule has 0 radical (unpaired) electrons. The lowest BCUT2D eigenvalue weighted by Gasteiger charge is -2.40. The largest absolute Gasteiger partial charge is 0.387 e. The van der Waals surface area contributed by atoms with Crippen LogP contribution in [0.4, 0.5) is 0 Å². The van der Waals surface area contributed by atoms with E-state index in [1.54, 1.807) is 17.0 Å². The molecular weight excluding hydrogens is 320 g/mol. The molecule has 0 saturated carbocycles. The van der Waals surface area contributed by atoms with Crippen molar-refractivity contribution in [2.75, 3.05) is 33.7 Å². The Kier molecular flexibility index (Phi) is 4.78. The van der Waals surface area contributed by atoms with Gasteiger partial charge in [-0.15, -0.1) is 0 Å². The van der Waals surface area contributed by atoms with Gasteiger partial charge >= 0.3 is 0 Å². The highest BCUT2D eigenvalue weighted by Gasteiger charge is 2.36. The molecule has 0 bridgehead atoms. The number of nitrogens with zero attached hydrogens (tertiary/aromatic N) is 3. The Balaban J connectivity index is 1.81. The predicted octanol–water partition coefficient (Wildman–Crippen LogP) is 0.694. The van der Waals surface area contributed by atoms with Crippen LogP contribution in [0.1, 0.15) is 23.3 Å². The van der Waals surface area contributed by atoms with Crippen molar-refractivity contribution in [3.05, 3.63) is 52.4 Å². The zero-order valence-corrected chi connectivity index (χ0v) is 14.6. The Morgan fingerprint density at radius 1 is 1.32 bits per heavy atom. The maximum Gasteiger partial charge on any atom is 0.272 e. The SMILES string of the molecule is CN(C)CC1(O)CCCN(C(=O)c2cc(=O)n(-c3ccccc3)[nH]2)C1. The minimum atomic E-state index is -0.917. The molecule has 7 nitrogen and oxygen atoms in total. The molecule has 2 aromatic rings. The lowest BCUT2D eigenvalue weighted by molar-refractivity contribution is -0.0392. The molecule has 25 heavy (non-hydrogen) atoms. The van der Waals surface area contributed by atoms with Gasteiger partial charge in [0.1, 0.15) is 5.69 Å². The molecular formula is C18H24N4O3. The summed E-state index contributed by atoms with van der Waals surface area (Å²) >= 11 is 0. The standard InChI is InChI=1S/C18H24N4O3/c1-20(2)12-18(25)9-6-10-21(13-18)17(24)15-11-16(23)22(19-15)14-7-4-3-5-8-14/h3-5,7-8,11,19,25H,6,9-10,12-13H2,1-2H3. The molecule has 1 aromatic carbocycles. The molecule has 1 unspecified atom stereocenters. The van der Waals surface area contributed by atoms with E-state index in [4.69, 9.17) is 0 Å². The monoisotopic (exact) mass is 344 g/mol. The van der Waals surface area contributed by atoms with Crippen molar-refractivity contribution in [3.63, 3.8) is 0 Å². The average molecular weight is 344 g/mol. The van der Waals surface area contributed by atoms with Crippen molar-refractivity contribution in [3.8, 4) is 5.69 Å². The first-order valence-electron chi connectivity index (χ1n) is 8.42. The fraction of sp³-hybridized carbons (Fsp3) is 0.444. The maximum absolute atomic E-state index is 12.8. The molecule has 1 aromatic heterocycles. The molecule has 3 rings (SSSR count). The topological polar surface area (TPSA) is 81.6 Å². The third-order valence-corrected chi connectivity index (χ3v) is 4.42. The number of carbonyl (C=O) groups excluding carboxylic acids is 1. The molecule has 0 spiro atoms. The normalized spacial score (nSPS) is 20.9. The van der Waals surface area contributed by atoms with E-state index in [-0.39, 0.29) is 23.7 Å². The van der Waals surface area contributed by atoms with Gasteiger partial charge in [-0.05, 0) is 39.1 Å². The number of likely N-dealkylation sites (N-methyl/N-ethyl adjacent to an activating group) is 1. The number of aromatic amines is 1. The second-order valence-corrected chi connectivity index (χ2v) is 6.97. The molecule has 1 amide bonds. The molecule has 1 fully saturated rings. The second kappa shape index (κ2) is 6.85. The fourth-order valence-corrected chi connectivity index (χ4v) is 3.45. The smallest absolute Gasteiger partial charge is 0.272 e. The van der Waals surface area contributed by atoms with Gasteiger partial charge in [0, 0.05) is 19.2 Å². The van der Waals surface area contributed by atoms with Crippen LogP contribution >= 0.6 is 0 Å². The third-order valence-electron chi connectivity index (χ3n) is 4.42. The van der Waals surface area contributed by atoms with Crippen LogP contribution in [0.3, 0.4) is 0 Å². The Hall–Kier alpha value is -2.38. The first kappa shape index (κ1) is 17.4. The molecule has 134 valence electrons. The van der Waals surface area contributed by atoms with E-state index < -0.39 is 5.60 Å². The van der Waals surface area contributed by atoms with Crippen LogP contribution in [0.2, 0.25) is 0 Å². The molecule has 1 aliphatic rings. The van der Waals surface area contributed by atoms with Crippen LogP contribution in [0.15, 0.2) is 41.2 Å². The summed E-state index contributed by atoms with van der Waals surface area (Å²) in [6, 6.07) is 10.4. The number of aromatic nitrogens is 2. The Labute approximate surface area is 146 Å². The first-order valence-corrected chi connectivity index (χ1v) is 8.42. The Morgan fingerprint density at radius 3 is 2.72 bits per heavy atom. The first-order chi connectivity index (χ1) is 11.9. The van der Waals surface area contributed by atoms with Gasteiger partial charge in [0.2, 0.25) is 0 Å². The van der Waals surface area contributed by atoms with Gasteiger partial charge in [-0.1, -0.05) is 18.2 Å². The number of para-hydroxylation sites is 1. The zero-order chi connectivity index (χ0) is 18.0. The molecule has 7 heteroatoms. The second-order valence-electron chi connectivity index (χ2n) is 6.97. The number of carbonyl (C=O) groups is 1. The van der Waals surface area contributed by atoms with Gasteiger partial charge in [0.15, 0.2) is 0 Å². The number of amides is 1. The van der Waals surface area contributed by atoms with E-state index in [9.17, 15) is 14.7 Å². The van der Waals surface area contributed by atoms with Crippen molar-refractivity contribution >= 4 is 5.91 Å². The molecule has 1 saturated heterocycles. The maximum atomic E-state index is 12.8. The van der Waals surface area contributed by atoms with Crippen LogP contribution in [-0.2, 0) is 0 Å². The van der Waals surface area contributed by atoms with Crippen LogP contribution in [0.5, 0.6) is 0 Å². The van der Waals surface area contributed by atoms with E-state index in [2.05, 4.69) is 5.10 Å². The number of piperidine rings is 1. The number of benzene rings is 1. The van der Waals surface area contributed by atoms with Crippen molar-refractivity contribution in [2.45, 2.75) is 18.4 Å². The lowest BCUT2D eigenvalue weighted by Crippen LogP contribution is -2.54. The summed E-state index contributed by atoms with van der Waals surface area (Å²) < 4.78 is 1.35. The average Bonchev–Trinajstić information content (AvgIpc) is 2.95.